The van der Waals surface area contributed by atoms with Crippen LogP contribution >= 0.6 is 0 Å². The number of imidazole rings is 1. The quantitative estimate of drug-likeness (QED) is 0.433. The highest BCUT2D eigenvalue weighted by atomic mass is 16.5. The lowest BCUT2D eigenvalue weighted by Crippen LogP contribution is -2.05. The number of methoxy groups -OCH3 is 3. The van der Waals surface area contributed by atoms with Crippen molar-refractivity contribution in [2.45, 2.75) is 13.8 Å². The third kappa shape index (κ3) is 3.86. The SMILES string of the molecule is COc1cc(Nc2ncc3c(C)nc(-c4cccc(C(=O)O)c4C)n3n2)cc(OC)c1OC. The van der Waals surface area contributed by atoms with E-state index in [9.17, 15) is 9.90 Å². The van der Waals surface area contributed by atoms with E-state index in [-0.39, 0.29) is 5.56 Å². The Morgan fingerprint density at radius 2 is 1.76 bits per heavy atom. The van der Waals surface area contributed by atoms with Crippen molar-refractivity contribution in [3.8, 4) is 28.6 Å². The molecule has 2 aromatic carbocycles. The summed E-state index contributed by atoms with van der Waals surface area (Å²) in [5, 5.41) is 17.3. The number of carboxylic acids is 1. The molecule has 10 nitrogen and oxygen atoms in total. The second kappa shape index (κ2) is 8.65. The van der Waals surface area contributed by atoms with E-state index in [1.54, 1.807) is 41.9 Å². The van der Waals surface area contributed by atoms with Crippen LogP contribution in [0.25, 0.3) is 16.9 Å². The monoisotopic (exact) mass is 449 g/mol. The first-order valence-electron chi connectivity index (χ1n) is 10.0. The van der Waals surface area contributed by atoms with Crippen molar-refractivity contribution in [1.29, 1.82) is 0 Å². The molecule has 2 N–H and O–H groups in total. The van der Waals surface area contributed by atoms with Crippen molar-refractivity contribution in [3.05, 3.63) is 53.3 Å². The van der Waals surface area contributed by atoms with Gasteiger partial charge < -0.3 is 24.6 Å². The predicted octanol–water partition coefficient (Wildman–Crippen LogP) is 3.88. The van der Waals surface area contributed by atoms with Crippen LogP contribution in [0.3, 0.4) is 0 Å². The van der Waals surface area contributed by atoms with Crippen molar-refractivity contribution >= 4 is 23.1 Å². The van der Waals surface area contributed by atoms with Crippen molar-refractivity contribution < 1.29 is 24.1 Å². The molecule has 10 heteroatoms. The predicted molar refractivity (Wildman–Crippen MR) is 122 cm³/mol. The average Bonchev–Trinajstić information content (AvgIpc) is 3.13. The summed E-state index contributed by atoms with van der Waals surface area (Å²) in [6, 6.07) is 8.57. The second-order valence-electron chi connectivity index (χ2n) is 7.22. The van der Waals surface area contributed by atoms with Crippen molar-refractivity contribution in [1.82, 2.24) is 19.6 Å². The number of anilines is 2. The van der Waals surface area contributed by atoms with Gasteiger partial charge in [0.1, 0.15) is 5.52 Å². The van der Waals surface area contributed by atoms with Crippen molar-refractivity contribution in [2.24, 2.45) is 0 Å². The fraction of sp³-hybridized carbons (Fsp3) is 0.217. The normalized spacial score (nSPS) is 10.8. The second-order valence-corrected chi connectivity index (χ2v) is 7.22. The molecule has 0 unspecified atom stereocenters. The lowest BCUT2D eigenvalue weighted by atomic mass is 10.0. The number of benzene rings is 2. The van der Waals surface area contributed by atoms with E-state index >= 15 is 0 Å². The lowest BCUT2D eigenvalue weighted by molar-refractivity contribution is 0.0696. The first kappa shape index (κ1) is 21.9. The molecule has 0 fully saturated rings. The summed E-state index contributed by atoms with van der Waals surface area (Å²) in [4.78, 5) is 20.6. The van der Waals surface area contributed by atoms with Gasteiger partial charge in [-0.25, -0.2) is 19.3 Å². The summed E-state index contributed by atoms with van der Waals surface area (Å²) >= 11 is 0. The topological polar surface area (TPSA) is 120 Å². The molecule has 0 spiro atoms. The van der Waals surface area contributed by atoms with E-state index in [1.165, 1.54) is 21.3 Å². The minimum absolute atomic E-state index is 0.215. The molecule has 0 aliphatic carbocycles. The molecule has 170 valence electrons. The van der Waals surface area contributed by atoms with Crippen molar-refractivity contribution in [2.75, 3.05) is 26.6 Å². The molecule has 0 radical (unpaired) electrons. The number of carbonyl (C=O) groups is 1. The van der Waals surface area contributed by atoms with Gasteiger partial charge in [-0.1, -0.05) is 12.1 Å². The van der Waals surface area contributed by atoms with Gasteiger partial charge in [0.2, 0.25) is 11.7 Å². The van der Waals surface area contributed by atoms with E-state index in [1.807, 2.05) is 13.0 Å². The number of hydrogen-bond donors (Lipinski definition) is 2. The summed E-state index contributed by atoms with van der Waals surface area (Å²) in [6.45, 7) is 3.61. The number of ether oxygens (including phenoxy) is 3. The minimum atomic E-state index is -0.994. The molecule has 0 saturated heterocycles. The number of aryl methyl sites for hydroxylation is 1. The van der Waals surface area contributed by atoms with Crippen molar-refractivity contribution in [3.63, 3.8) is 0 Å². The van der Waals surface area contributed by atoms with Gasteiger partial charge in [0.15, 0.2) is 17.3 Å². The molecule has 4 rings (SSSR count). The number of nitrogens with one attached hydrogen (secondary N) is 1. The maximum Gasteiger partial charge on any atom is 0.335 e. The first-order chi connectivity index (χ1) is 15.9. The van der Waals surface area contributed by atoms with Crippen LogP contribution in [0.2, 0.25) is 0 Å². The van der Waals surface area contributed by atoms with Crippen LogP contribution in [0, 0.1) is 13.8 Å². The summed E-state index contributed by atoms with van der Waals surface area (Å²) in [7, 11) is 4.62. The van der Waals surface area contributed by atoms with Crippen LogP contribution in [0.15, 0.2) is 36.5 Å². The Hall–Kier alpha value is -4.34. The van der Waals surface area contributed by atoms with Gasteiger partial charge in [0.05, 0.1) is 38.8 Å². The molecule has 0 atom stereocenters. The number of aromatic carboxylic acids is 1. The van der Waals surface area contributed by atoms with Gasteiger partial charge in [0.25, 0.3) is 0 Å². The van der Waals surface area contributed by atoms with Gasteiger partial charge in [0, 0.05) is 23.4 Å². The molecule has 0 amide bonds. The summed E-state index contributed by atoms with van der Waals surface area (Å²) in [5.41, 5.74) is 3.56. The van der Waals surface area contributed by atoms with Crippen LogP contribution in [-0.4, -0.2) is 52.0 Å². The third-order valence-corrected chi connectivity index (χ3v) is 5.30. The summed E-state index contributed by atoms with van der Waals surface area (Å²) < 4.78 is 17.8. The zero-order valence-electron chi connectivity index (χ0n) is 18.8. The minimum Gasteiger partial charge on any atom is -0.493 e. The van der Waals surface area contributed by atoms with Crippen LogP contribution in [-0.2, 0) is 0 Å². The molecule has 4 aromatic rings. The largest absolute Gasteiger partial charge is 0.493 e. The molecule has 0 saturated carbocycles. The van der Waals surface area contributed by atoms with Crippen LogP contribution in [0.4, 0.5) is 11.6 Å². The number of aromatic nitrogens is 4. The standard InChI is InChI=1S/C23H23N5O5/c1-12-15(7-6-8-16(12)22(29)30)21-25-13(2)17-11-24-23(27-28(17)21)26-14-9-18(31-3)20(33-5)19(10-14)32-4/h6-11H,1-5H3,(H,26,27)(H,29,30). The Morgan fingerprint density at radius 3 is 2.36 bits per heavy atom. The number of rotatable bonds is 7. The highest BCUT2D eigenvalue weighted by Gasteiger charge is 2.19. The van der Waals surface area contributed by atoms with E-state index in [0.717, 1.165) is 5.69 Å². The zero-order chi connectivity index (χ0) is 23.7. The van der Waals surface area contributed by atoms with E-state index in [2.05, 4.69) is 20.4 Å². The molecular weight excluding hydrogens is 426 g/mol. The lowest BCUT2D eigenvalue weighted by Gasteiger charge is -2.14. The van der Waals surface area contributed by atoms with Gasteiger partial charge in [-0.2, -0.15) is 0 Å². The Balaban J connectivity index is 1.81. The first-order valence-corrected chi connectivity index (χ1v) is 10.0. The Bertz CT molecular complexity index is 1340. The molecule has 0 aliphatic heterocycles. The number of fused-ring (bicyclic) bond motifs is 1. The number of hydrogen-bond acceptors (Lipinski definition) is 8. The van der Waals surface area contributed by atoms with Crippen LogP contribution in [0.1, 0.15) is 21.6 Å². The highest BCUT2D eigenvalue weighted by Crippen LogP contribution is 2.40. The number of nitrogens with zero attached hydrogens (tertiary/aromatic N) is 4. The fourth-order valence-electron chi connectivity index (χ4n) is 3.65. The van der Waals surface area contributed by atoms with Gasteiger partial charge in [-0.3, -0.25) is 0 Å². The Morgan fingerprint density at radius 1 is 1.06 bits per heavy atom. The Labute approximate surface area is 189 Å². The smallest absolute Gasteiger partial charge is 0.335 e. The third-order valence-electron chi connectivity index (χ3n) is 5.30. The molecule has 2 heterocycles. The van der Waals surface area contributed by atoms with E-state index in [0.29, 0.717) is 51.4 Å². The maximum absolute atomic E-state index is 11.6. The number of carboxylic acid groups (broad SMARTS) is 1. The highest BCUT2D eigenvalue weighted by molar-refractivity contribution is 5.91. The Kier molecular flexibility index (Phi) is 5.74. The van der Waals surface area contributed by atoms with Gasteiger partial charge in [-0.15, -0.1) is 5.10 Å². The van der Waals surface area contributed by atoms with Crippen LogP contribution in [0.5, 0.6) is 17.2 Å². The van der Waals surface area contributed by atoms with Crippen LogP contribution < -0.4 is 19.5 Å². The maximum atomic E-state index is 11.6. The molecular formula is C23H23N5O5. The summed E-state index contributed by atoms with van der Waals surface area (Å²) in [5.74, 6) is 1.29. The van der Waals surface area contributed by atoms with Gasteiger partial charge >= 0.3 is 5.97 Å². The molecule has 0 bridgehead atoms. The zero-order valence-corrected chi connectivity index (χ0v) is 18.8. The molecule has 2 aromatic heterocycles. The van der Waals surface area contributed by atoms with Gasteiger partial charge in [-0.05, 0) is 25.5 Å². The average molecular weight is 449 g/mol. The molecule has 0 aliphatic rings. The summed E-state index contributed by atoms with van der Waals surface area (Å²) in [6.07, 6.45) is 1.66. The van der Waals surface area contributed by atoms with E-state index in [4.69, 9.17) is 14.2 Å². The van der Waals surface area contributed by atoms with E-state index < -0.39 is 5.97 Å². The fourth-order valence-corrected chi connectivity index (χ4v) is 3.65. The molecule has 33 heavy (non-hydrogen) atoms.